The second kappa shape index (κ2) is 6.79. The van der Waals surface area contributed by atoms with Gasteiger partial charge in [0.25, 0.3) is 0 Å². The van der Waals surface area contributed by atoms with Gasteiger partial charge in [0.1, 0.15) is 0 Å². The highest BCUT2D eigenvalue weighted by Gasteiger charge is 2.48. The minimum atomic E-state index is 0.423. The molecule has 4 atom stereocenters. The van der Waals surface area contributed by atoms with E-state index in [9.17, 15) is 0 Å². The van der Waals surface area contributed by atoms with Crippen LogP contribution >= 0.6 is 0 Å². The highest BCUT2D eigenvalue weighted by Crippen LogP contribution is 2.44. The van der Waals surface area contributed by atoms with E-state index in [0.717, 1.165) is 17.8 Å². The van der Waals surface area contributed by atoms with Crippen molar-refractivity contribution in [3.63, 3.8) is 0 Å². The molecule has 4 unspecified atom stereocenters. The van der Waals surface area contributed by atoms with Crippen LogP contribution in [-0.2, 0) is 0 Å². The summed E-state index contributed by atoms with van der Waals surface area (Å²) in [4.78, 5) is 2.86. The SMILES string of the molecule is CCCC(C)CN1CC(C(C)CC)NCC1(C)C1CC1. The largest absolute Gasteiger partial charge is 0.311 e. The molecule has 2 nitrogen and oxygen atoms in total. The molecule has 1 aliphatic carbocycles. The molecule has 20 heavy (non-hydrogen) atoms. The molecule has 0 amide bonds. The van der Waals surface area contributed by atoms with Crippen molar-refractivity contribution in [3.8, 4) is 0 Å². The van der Waals surface area contributed by atoms with Gasteiger partial charge in [-0.3, -0.25) is 4.90 Å². The Balaban J connectivity index is 2.02. The minimum Gasteiger partial charge on any atom is -0.311 e. The monoisotopic (exact) mass is 280 g/mol. The summed E-state index contributed by atoms with van der Waals surface area (Å²) in [6.07, 6.45) is 6.88. The van der Waals surface area contributed by atoms with Gasteiger partial charge in [-0.15, -0.1) is 0 Å². The van der Waals surface area contributed by atoms with Crippen LogP contribution in [0.2, 0.25) is 0 Å². The first-order chi connectivity index (χ1) is 9.51. The summed E-state index contributed by atoms with van der Waals surface area (Å²) in [5.74, 6) is 2.58. The number of hydrogen-bond acceptors (Lipinski definition) is 2. The third-order valence-corrected chi connectivity index (χ3v) is 5.96. The van der Waals surface area contributed by atoms with Crippen LogP contribution in [0, 0.1) is 17.8 Å². The molecular formula is C18H36N2. The van der Waals surface area contributed by atoms with Gasteiger partial charge in [-0.25, -0.2) is 0 Å². The molecule has 1 heterocycles. The molecule has 2 rings (SSSR count). The van der Waals surface area contributed by atoms with Crippen LogP contribution in [0.1, 0.15) is 66.7 Å². The highest BCUT2D eigenvalue weighted by molar-refractivity contribution is 5.05. The minimum absolute atomic E-state index is 0.423. The summed E-state index contributed by atoms with van der Waals surface area (Å²) in [5, 5.41) is 3.88. The number of nitrogens with one attached hydrogen (secondary N) is 1. The lowest BCUT2D eigenvalue weighted by molar-refractivity contribution is 0.0122. The highest BCUT2D eigenvalue weighted by atomic mass is 15.3. The van der Waals surface area contributed by atoms with Crippen LogP contribution in [-0.4, -0.2) is 36.1 Å². The van der Waals surface area contributed by atoms with Crippen LogP contribution in [0.25, 0.3) is 0 Å². The molecular weight excluding hydrogens is 244 g/mol. The first-order valence-electron chi connectivity index (χ1n) is 8.99. The van der Waals surface area contributed by atoms with E-state index in [1.54, 1.807) is 0 Å². The topological polar surface area (TPSA) is 15.3 Å². The molecule has 1 saturated heterocycles. The van der Waals surface area contributed by atoms with Crippen molar-refractivity contribution in [1.29, 1.82) is 0 Å². The molecule has 0 aromatic carbocycles. The van der Waals surface area contributed by atoms with Crippen LogP contribution in [0.5, 0.6) is 0 Å². The lowest BCUT2D eigenvalue weighted by atomic mass is 9.85. The van der Waals surface area contributed by atoms with E-state index in [1.807, 2.05) is 0 Å². The maximum Gasteiger partial charge on any atom is 0.0334 e. The second-order valence-electron chi connectivity index (χ2n) is 7.80. The quantitative estimate of drug-likeness (QED) is 0.760. The van der Waals surface area contributed by atoms with Crippen molar-refractivity contribution in [2.24, 2.45) is 17.8 Å². The van der Waals surface area contributed by atoms with E-state index >= 15 is 0 Å². The molecule has 118 valence electrons. The third kappa shape index (κ3) is 3.57. The van der Waals surface area contributed by atoms with Crippen molar-refractivity contribution >= 4 is 0 Å². The van der Waals surface area contributed by atoms with E-state index in [2.05, 4.69) is 44.8 Å². The second-order valence-corrected chi connectivity index (χ2v) is 7.80. The Kier molecular flexibility index (Phi) is 5.53. The van der Waals surface area contributed by atoms with E-state index in [1.165, 1.54) is 51.7 Å². The summed E-state index contributed by atoms with van der Waals surface area (Å²) in [7, 11) is 0. The number of hydrogen-bond donors (Lipinski definition) is 1. The molecule has 0 aromatic heterocycles. The molecule has 2 aliphatic rings. The smallest absolute Gasteiger partial charge is 0.0334 e. The van der Waals surface area contributed by atoms with Gasteiger partial charge < -0.3 is 5.32 Å². The Morgan fingerprint density at radius 3 is 2.50 bits per heavy atom. The van der Waals surface area contributed by atoms with Crippen molar-refractivity contribution in [2.75, 3.05) is 19.6 Å². The molecule has 0 spiro atoms. The predicted octanol–water partition coefficient (Wildman–Crippen LogP) is 3.91. The zero-order valence-electron chi connectivity index (χ0n) is 14.4. The first-order valence-corrected chi connectivity index (χ1v) is 8.99. The molecule has 1 aliphatic heterocycles. The molecule has 0 bridgehead atoms. The van der Waals surface area contributed by atoms with Gasteiger partial charge >= 0.3 is 0 Å². The molecule has 2 heteroatoms. The van der Waals surface area contributed by atoms with Crippen LogP contribution in [0.15, 0.2) is 0 Å². The van der Waals surface area contributed by atoms with E-state index in [-0.39, 0.29) is 0 Å². The molecule has 1 saturated carbocycles. The number of rotatable bonds is 7. The summed E-state index contributed by atoms with van der Waals surface area (Å²) >= 11 is 0. The standard InChI is InChI=1S/C18H36N2/c1-6-8-14(3)11-20-12-17(15(4)7-2)19-13-18(20,5)16-9-10-16/h14-17,19H,6-13H2,1-5H3. The Bertz CT molecular complexity index is 300. The van der Waals surface area contributed by atoms with Gasteiger partial charge in [-0.05, 0) is 43.9 Å². The van der Waals surface area contributed by atoms with E-state index in [4.69, 9.17) is 0 Å². The summed E-state index contributed by atoms with van der Waals surface area (Å²) < 4.78 is 0. The zero-order valence-corrected chi connectivity index (χ0v) is 14.4. The fraction of sp³-hybridized carbons (Fsp3) is 1.00. The normalized spacial score (nSPS) is 35.0. The van der Waals surface area contributed by atoms with Gasteiger partial charge in [0.05, 0.1) is 0 Å². The van der Waals surface area contributed by atoms with Crippen LogP contribution in [0.4, 0.5) is 0 Å². The summed E-state index contributed by atoms with van der Waals surface area (Å²) in [6, 6.07) is 0.695. The summed E-state index contributed by atoms with van der Waals surface area (Å²) in [6.45, 7) is 15.8. The Morgan fingerprint density at radius 2 is 1.95 bits per heavy atom. The van der Waals surface area contributed by atoms with Gasteiger partial charge in [0.2, 0.25) is 0 Å². The van der Waals surface area contributed by atoms with E-state index in [0.29, 0.717) is 11.6 Å². The Morgan fingerprint density at radius 1 is 1.25 bits per heavy atom. The van der Waals surface area contributed by atoms with Crippen molar-refractivity contribution < 1.29 is 0 Å². The van der Waals surface area contributed by atoms with Gasteiger partial charge in [0.15, 0.2) is 0 Å². The zero-order chi connectivity index (χ0) is 14.8. The molecule has 1 N–H and O–H groups in total. The molecule has 0 radical (unpaired) electrons. The van der Waals surface area contributed by atoms with Crippen molar-refractivity contribution in [2.45, 2.75) is 78.3 Å². The van der Waals surface area contributed by atoms with Crippen molar-refractivity contribution in [1.82, 2.24) is 10.2 Å². The predicted molar refractivity (Wildman–Crippen MR) is 88.0 cm³/mol. The van der Waals surface area contributed by atoms with Gasteiger partial charge in [0, 0.05) is 31.2 Å². The average Bonchev–Trinajstić information content (AvgIpc) is 3.25. The van der Waals surface area contributed by atoms with E-state index < -0.39 is 0 Å². The molecule has 0 aromatic rings. The Labute approximate surface area is 126 Å². The average molecular weight is 281 g/mol. The lowest BCUT2D eigenvalue weighted by Crippen LogP contribution is -2.66. The fourth-order valence-corrected chi connectivity index (χ4v) is 3.98. The first kappa shape index (κ1) is 16.3. The number of nitrogens with zero attached hydrogens (tertiary/aromatic N) is 1. The number of piperazine rings is 1. The van der Waals surface area contributed by atoms with Crippen LogP contribution < -0.4 is 5.32 Å². The summed E-state index contributed by atoms with van der Waals surface area (Å²) in [5.41, 5.74) is 0.423. The van der Waals surface area contributed by atoms with Crippen LogP contribution in [0.3, 0.4) is 0 Å². The maximum absolute atomic E-state index is 3.88. The molecule has 2 fully saturated rings. The lowest BCUT2D eigenvalue weighted by Gasteiger charge is -2.51. The third-order valence-electron chi connectivity index (χ3n) is 5.96. The van der Waals surface area contributed by atoms with Gasteiger partial charge in [-0.1, -0.05) is 40.5 Å². The van der Waals surface area contributed by atoms with Gasteiger partial charge in [-0.2, -0.15) is 0 Å². The van der Waals surface area contributed by atoms with Crippen molar-refractivity contribution in [3.05, 3.63) is 0 Å². The Hall–Kier alpha value is -0.0800. The fourth-order valence-electron chi connectivity index (χ4n) is 3.98. The maximum atomic E-state index is 3.88.